The van der Waals surface area contributed by atoms with Gasteiger partial charge in [0.15, 0.2) is 5.82 Å². The van der Waals surface area contributed by atoms with E-state index in [-0.39, 0.29) is 0 Å². The van der Waals surface area contributed by atoms with Gasteiger partial charge in [0.2, 0.25) is 5.16 Å². The first-order chi connectivity index (χ1) is 12.6. The molecule has 0 saturated carbocycles. The third kappa shape index (κ3) is 2.74. The number of thioether (sulfide) groups is 1. The Morgan fingerprint density at radius 2 is 1.85 bits per heavy atom. The minimum atomic E-state index is 0.672. The predicted molar refractivity (Wildman–Crippen MR) is 105 cm³/mol. The fourth-order valence-corrected chi connectivity index (χ4v) is 3.85. The Morgan fingerprint density at radius 1 is 1.12 bits per heavy atom. The second-order valence-corrected chi connectivity index (χ2v) is 7.12. The second kappa shape index (κ2) is 6.49. The van der Waals surface area contributed by atoms with Crippen molar-refractivity contribution in [2.24, 2.45) is 5.10 Å². The van der Waals surface area contributed by atoms with Crippen LogP contribution in [-0.2, 0) is 0 Å². The van der Waals surface area contributed by atoms with Crippen molar-refractivity contribution in [3.63, 3.8) is 0 Å². The summed E-state index contributed by atoms with van der Waals surface area (Å²) in [5.74, 6) is 2.16. The van der Waals surface area contributed by atoms with E-state index in [0.717, 1.165) is 50.3 Å². The Morgan fingerprint density at radius 3 is 2.58 bits per heavy atom. The number of hydrogen-bond acceptors (Lipinski definition) is 6. The molecular weight excluding hydrogens is 346 g/mol. The zero-order valence-corrected chi connectivity index (χ0v) is 15.7. The molecule has 0 aliphatic carbocycles. The van der Waals surface area contributed by atoms with E-state index >= 15 is 0 Å². The highest BCUT2D eigenvalue weighted by Gasteiger charge is 2.22. The van der Waals surface area contributed by atoms with E-state index in [9.17, 15) is 0 Å². The number of aryl methyl sites for hydroxylation is 2. The van der Waals surface area contributed by atoms with Crippen LogP contribution in [0.3, 0.4) is 0 Å². The smallest absolute Gasteiger partial charge is 0.212 e. The lowest BCUT2D eigenvalue weighted by Gasteiger charge is -2.16. The average molecular weight is 365 g/mol. The molecule has 1 aliphatic heterocycles. The highest BCUT2D eigenvalue weighted by atomic mass is 32.2. The van der Waals surface area contributed by atoms with Crippen LogP contribution in [0, 0.1) is 13.8 Å². The summed E-state index contributed by atoms with van der Waals surface area (Å²) in [5.41, 5.74) is 12.0. The van der Waals surface area contributed by atoms with Gasteiger partial charge < -0.3 is 10.5 Å². The van der Waals surface area contributed by atoms with E-state index < -0.39 is 0 Å². The van der Waals surface area contributed by atoms with Crippen LogP contribution in [0.4, 0.5) is 5.69 Å². The van der Waals surface area contributed by atoms with Crippen molar-refractivity contribution >= 4 is 23.2 Å². The fraction of sp³-hybridized carbons (Fsp3) is 0.211. The largest absolute Gasteiger partial charge is 0.496 e. The van der Waals surface area contributed by atoms with E-state index in [1.807, 2.05) is 38.1 Å². The van der Waals surface area contributed by atoms with Gasteiger partial charge >= 0.3 is 0 Å². The molecule has 2 heterocycles. The van der Waals surface area contributed by atoms with Gasteiger partial charge in [-0.25, -0.2) is 0 Å². The number of anilines is 1. The molecule has 0 atom stereocenters. The topological polar surface area (TPSA) is 78.3 Å². The summed E-state index contributed by atoms with van der Waals surface area (Å²) >= 11 is 1.62. The number of para-hydroxylation sites is 1. The summed E-state index contributed by atoms with van der Waals surface area (Å²) in [4.78, 5) is 0. The number of nitrogens with zero attached hydrogens (tertiary/aromatic N) is 4. The van der Waals surface area contributed by atoms with E-state index in [4.69, 9.17) is 15.6 Å². The first-order valence-corrected chi connectivity index (χ1v) is 9.23. The quantitative estimate of drug-likeness (QED) is 0.719. The highest BCUT2D eigenvalue weighted by Crippen LogP contribution is 2.33. The van der Waals surface area contributed by atoms with Gasteiger partial charge in [-0.05, 0) is 54.8 Å². The number of rotatable bonds is 3. The minimum Gasteiger partial charge on any atom is -0.496 e. The molecule has 0 bridgehead atoms. The Kier molecular flexibility index (Phi) is 4.16. The van der Waals surface area contributed by atoms with E-state index in [2.05, 4.69) is 22.3 Å². The molecule has 26 heavy (non-hydrogen) atoms. The van der Waals surface area contributed by atoms with E-state index in [0.29, 0.717) is 5.82 Å². The van der Waals surface area contributed by atoms with Crippen molar-refractivity contribution in [1.82, 2.24) is 14.9 Å². The lowest BCUT2D eigenvalue weighted by atomic mass is 10.0. The maximum atomic E-state index is 6.09. The van der Waals surface area contributed by atoms with Crippen LogP contribution >= 0.6 is 11.8 Å². The lowest BCUT2D eigenvalue weighted by Crippen LogP contribution is -2.14. The van der Waals surface area contributed by atoms with Crippen LogP contribution in [0.15, 0.2) is 46.7 Å². The Bertz CT molecular complexity index is 1000. The van der Waals surface area contributed by atoms with Gasteiger partial charge in [-0.2, -0.15) is 9.78 Å². The molecular formula is C19H19N5OS. The molecule has 2 N–H and O–H groups in total. The summed E-state index contributed by atoms with van der Waals surface area (Å²) in [5, 5.41) is 14.2. The number of hydrogen-bond donors (Lipinski definition) is 1. The second-order valence-electron chi connectivity index (χ2n) is 6.18. The highest BCUT2D eigenvalue weighted by molar-refractivity contribution is 7.99. The van der Waals surface area contributed by atoms with Crippen LogP contribution in [0.25, 0.3) is 11.4 Å². The molecule has 2 aromatic carbocycles. The van der Waals surface area contributed by atoms with Crippen molar-refractivity contribution in [3.8, 4) is 17.1 Å². The molecule has 0 radical (unpaired) electrons. The normalized spacial score (nSPS) is 13.3. The predicted octanol–water partition coefficient (Wildman–Crippen LogP) is 3.51. The third-order valence-electron chi connectivity index (χ3n) is 4.45. The lowest BCUT2D eigenvalue weighted by molar-refractivity contribution is 0.416. The first kappa shape index (κ1) is 16.7. The summed E-state index contributed by atoms with van der Waals surface area (Å²) in [6.07, 6.45) is 0. The summed E-state index contributed by atoms with van der Waals surface area (Å²) < 4.78 is 7.26. The van der Waals surface area contributed by atoms with Crippen LogP contribution in [-0.4, -0.2) is 33.4 Å². The van der Waals surface area contributed by atoms with Gasteiger partial charge in [0.1, 0.15) is 5.75 Å². The summed E-state index contributed by atoms with van der Waals surface area (Å²) in [6, 6.07) is 11.9. The Balaban J connectivity index is 1.83. The van der Waals surface area contributed by atoms with Crippen molar-refractivity contribution < 1.29 is 4.74 Å². The molecule has 6 nitrogen and oxygen atoms in total. The number of aromatic nitrogens is 3. The van der Waals surface area contributed by atoms with Gasteiger partial charge in [-0.1, -0.05) is 23.9 Å². The standard InChI is InChI=1S/C19H19N5OS/c1-11-8-13(9-12(2)17(11)20)15-10-26-19-22-21-18(24(19)23-15)14-6-4-5-7-16(14)25-3/h4-9H,10,20H2,1-3H3. The maximum Gasteiger partial charge on any atom is 0.212 e. The number of ether oxygens (including phenoxy) is 1. The molecule has 0 saturated heterocycles. The molecule has 0 amide bonds. The number of methoxy groups -OCH3 is 1. The van der Waals surface area contributed by atoms with Gasteiger partial charge in [0.25, 0.3) is 0 Å². The third-order valence-corrected chi connectivity index (χ3v) is 5.38. The molecule has 0 spiro atoms. The average Bonchev–Trinajstić information content (AvgIpc) is 3.08. The monoisotopic (exact) mass is 365 g/mol. The Labute approximate surface area is 156 Å². The van der Waals surface area contributed by atoms with Crippen LogP contribution < -0.4 is 10.5 Å². The van der Waals surface area contributed by atoms with Crippen molar-refractivity contribution in [3.05, 3.63) is 53.1 Å². The number of fused-ring (bicyclic) bond motifs is 1. The van der Waals surface area contributed by atoms with Gasteiger partial charge in [-0.15, -0.1) is 10.2 Å². The molecule has 132 valence electrons. The first-order valence-electron chi connectivity index (χ1n) is 8.25. The van der Waals surface area contributed by atoms with E-state index in [1.54, 1.807) is 23.5 Å². The van der Waals surface area contributed by atoms with Crippen LogP contribution in [0.5, 0.6) is 5.75 Å². The van der Waals surface area contributed by atoms with Gasteiger partial charge in [0.05, 0.1) is 18.4 Å². The molecule has 1 aliphatic rings. The molecule has 3 aromatic rings. The summed E-state index contributed by atoms with van der Waals surface area (Å²) in [6.45, 7) is 4.04. The van der Waals surface area contributed by atoms with Crippen LogP contribution in [0.2, 0.25) is 0 Å². The van der Waals surface area contributed by atoms with Gasteiger partial charge in [-0.3, -0.25) is 0 Å². The van der Waals surface area contributed by atoms with Crippen molar-refractivity contribution in [2.45, 2.75) is 19.0 Å². The number of benzene rings is 2. The van der Waals surface area contributed by atoms with Crippen molar-refractivity contribution in [1.29, 1.82) is 0 Å². The molecule has 4 rings (SSSR count). The minimum absolute atomic E-state index is 0.672. The zero-order valence-electron chi connectivity index (χ0n) is 14.9. The van der Waals surface area contributed by atoms with E-state index in [1.165, 1.54) is 0 Å². The number of nitrogen functional groups attached to an aromatic ring is 1. The summed E-state index contributed by atoms with van der Waals surface area (Å²) in [7, 11) is 1.65. The molecule has 0 fully saturated rings. The maximum absolute atomic E-state index is 6.09. The molecule has 1 aromatic heterocycles. The van der Waals surface area contributed by atoms with Crippen LogP contribution in [0.1, 0.15) is 16.7 Å². The zero-order chi connectivity index (χ0) is 18.3. The number of nitrogens with two attached hydrogens (primary N) is 1. The molecule has 7 heteroatoms. The SMILES string of the molecule is COc1ccccc1-c1nnc2n1N=C(c1cc(C)c(N)c(C)c1)CS2. The molecule has 0 unspecified atom stereocenters. The van der Waals surface area contributed by atoms with Crippen molar-refractivity contribution in [2.75, 3.05) is 18.6 Å². The Hall–Kier alpha value is -2.80. The fourth-order valence-electron chi connectivity index (χ4n) is 3.01. The van der Waals surface area contributed by atoms with Gasteiger partial charge in [0, 0.05) is 11.4 Å².